The molecule has 0 radical (unpaired) electrons. The molecule has 44 heavy (non-hydrogen) atoms. The Bertz CT molecular complexity index is 2570. The number of nitriles is 1. The summed E-state index contributed by atoms with van der Waals surface area (Å²) in [4.78, 5) is 5.03. The van der Waals surface area contributed by atoms with Crippen molar-refractivity contribution in [3.8, 4) is 45.5 Å². The van der Waals surface area contributed by atoms with E-state index >= 15 is 0 Å². The summed E-state index contributed by atoms with van der Waals surface area (Å²) >= 11 is 0. The molecule has 1 aromatic heterocycles. The zero-order valence-corrected chi connectivity index (χ0v) is 23.5. The molecule has 0 N–H and O–H groups in total. The van der Waals surface area contributed by atoms with Gasteiger partial charge in [-0.25, -0.2) is 4.98 Å². The molecule has 4 heteroatoms. The van der Waals surface area contributed by atoms with Crippen LogP contribution in [0.25, 0.3) is 83.1 Å². The van der Waals surface area contributed by atoms with Gasteiger partial charge in [-0.15, -0.1) is 0 Å². The van der Waals surface area contributed by atoms with E-state index in [1.54, 1.807) is 0 Å². The van der Waals surface area contributed by atoms with E-state index in [1.165, 1.54) is 0 Å². The zero-order chi connectivity index (χ0) is 29.2. The predicted octanol–water partition coefficient (Wildman–Crippen LogP) is 10.4. The smallest absolute Gasteiger partial charge is 0.144 e. The summed E-state index contributed by atoms with van der Waals surface area (Å²) in [5.74, 6) is 0.815. The fraction of sp³-hybridized carbons (Fsp3) is 0. The highest BCUT2D eigenvalue weighted by Crippen LogP contribution is 2.44. The monoisotopic (exact) mass is 561 g/mol. The van der Waals surface area contributed by atoms with Crippen molar-refractivity contribution >= 4 is 43.7 Å². The van der Waals surface area contributed by atoms with E-state index < -0.39 is 0 Å². The lowest BCUT2D eigenvalue weighted by atomic mass is 9.96. The van der Waals surface area contributed by atoms with Gasteiger partial charge in [0.15, 0.2) is 0 Å². The fourth-order valence-corrected chi connectivity index (χ4v) is 6.59. The Morgan fingerprint density at radius 2 is 1.27 bits per heavy atom. The highest BCUT2D eigenvalue weighted by molar-refractivity contribution is 6.12. The van der Waals surface area contributed by atoms with Crippen LogP contribution >= 0.6 is 0 Å². The van der Waals surface area contributed by atoms with E-state index in [0.717, 1.165) is 83.1 Å². The lowest BCUT2D eigenvalue weighted by Gasteiger charge is -2.12. The summed E-state index contributed by atoms with van der Waals surface area (Å²) < 4.78 is 8.92. The van der Waals surface area contributed by atoms with Crippen LogP contribution in [-0.4, -0.2) is 9.55 Å². The Labute approximate surface area is 253 Å². The third-order valence-electron chi connectivity index (χ3n) is 8.59. The summed E-state index contributed by atoms with van der Waals surface area (Å²) in [5.41, 5.74) is 10.8. The number of para-hydroxylation sites is 3. The molecule has 2 aliphatic heterocycles. The number of rotatable bonds is 3. The van der Waals surface area contributed by atoms with E-state index in [1.807, 2.05) is 48.5 Å². The van der Waals surface area contributed by atoms with Gasteiger partial charge in [-0.05, 0) is 77.9 Å². The Balaban J connectivity index is 1.27. The molecule has 0 fully saturated rings. The van der Waals surface area contributed by atoms with Crippen molar-refractivity contribution in [3.63, 3.8) is 0 Å². The predicted molar refractivity (Wildman–Crippen MR) is 178 cm³/mol. The summed E-state index contributed by atoms with van der Waals surface area (Å²) in [6, 6.07) is 50.1. The highest BCUT2D eigenvalue weighted by atomic mass is 16.3. The average Bonchev–Trinajstić information content (AvgIpc) is 3.64. The molecule has 6 aromatic carbocycles. The van der Waals surface area contributed by atoms with Crippen LogP contribution in [0.15, 0.2) is 144 Å². The van der Waals surface area contributed by atoms with Crippen molar-refractivity contribution in [2.75, 3.05) is 0 Å². The van der Waals surface area contributed by atoms with Crippen LogP contribution in [0.4, 0.5) is 0 Å². The van der Waals surface area contributed by atoms with Crippen LogP contribution in [0, 0.1) is 11.3 Å². The van der Waals surface area contributed by atoms with E-state index in [-0.39, 0.29) is 0 Å². The van der Waals surface area contributed by atoms with Gasteiger partial charge < -0.3 is 8.98 Å². The SMILES string of the molecule is N#Cc1ccc2c(c1)c1cc(-c3cccc(-c4oc5ccccc5c5nc6ccccc6c4-5)c3)ccc1n2-c1ccccc1. The van der Waals surface area contributed by atoms with Crippen LogP contribution < -0.4 is 0 Å². The summed E-state index contributed by atoms with van der Waals surface area (Å²) in [6.07, 6.45) is 0. The number of aromatic nitrogens is 2. The van der Waals surface area contributed by atoms with Gasteiger partial charge in [0.25, 0.3) is 0 Å². The maximum atomic E-state index is 9.69. The van der Waals surface area contributed by atoms with E-state index in [2.05, 4.69) is 102 Å². The van der Waals surface area contributed by atoms with Crippen LogP contribution in [0.1, 0.15) is 5.56 Å². The number of benzene rings is 6. The molecular weight excluding hydrogens is 538 g/mol. The Morgan fingerprint density at radius 1 is 0.568 bits per heavy atom. The molecule has 2 aliphatic rings. The quantitative estimate of drug-likeness (QED) is 0.216. The van der Waals surface area contributed by atoms with E-state index in [9.17, 15) is 5.26 Å². The first-order chi connectivity index (χ1) is 21.8. The van der Waals surface area contributed by atoms with Crippen LogP contribution in [0.2, 0.25) is 0 Å². The summed E-state index contributed by atoms with van der Waals surface area (Å²) in [5, 5.41) is 13.9. The molecule has 0 saturated heterocycles. The van der Waals surface area contributed by atoms with E-state index in [4.69, 9.17) is 9.40 Å². The topological polar surface area (TPSA) is 54.8 Å². The van der Waals surface area contributed by atoms with Crippen molar-refractivity contribution in [3.05, 3.63) is 145 Å². The van der Waals surface area contributed by atoms with Gasteiger partial charge in [0.05, 0.1) is 39.4 Å². The second kappa shape index (κ2) is 9.42. The van der Waals surface area contributed by atoms with Crippen LogP contribution in [-0.2, 0) is 0 Å². The minimum Gasteiger partial charge on any atom is -0.455 e. The molecule has 0 unspecified atom stereocenters. The molecule has 204 valence electrons. The normalized spacial score (nSPS) is 11.6. The standard InChI is InChI=1S/C40H23N3O/c41-24-25-17-19-35-32(21-25)33-23-27(18-20-36(33)43(35)29-11-2-1-3-12-29)26-9-8-10-28(22-26)40-38-30-13-4-6-15-34(30)42-39(38)31-14-5-7-16-37(31)44-40/h1-23H. The second-order valence-electron chi connectivity index (χ2n) is 11.1. The maximum Gasteiger partial charge on any atom is 0.144 e. The fourth-order valence-electron chi connectivity index (χ4n) is 6.59. The Kier molecular flexibility index (Phi) is 5.23. The molecule has 4 nitrogen and oxygen atoms in total. The molecule has 0 saturated carbocycles. The van der Waals surface area contributed by atoms with Gasteiger partial charge >= 0.3 is 0 Å². The molecule has 7 aromatic rings. The number of nitrogens with zero attached hydrogens (tertiary/aromatic N) is 3. The minimum atomic E-state index is 0.648. The first kappa shape index (κ1) is 24.4. The molecule has 0 bridgehead atoms. The minimum absolute atomic E-state index is 0.648. The van der Waals surface area contributed by atoms with Crippen molar-refractivity contribution in [2.45, 2.75) is 0 Å². The Hall–Kier alpha value is -6.18. The molecule has 3 heterocycles. The number of hydrogen-bond acceptors (Lipinski definition) is 3. The lowest BCUT2D eigenvalue weighted by Crippen LogP contribution is -1.93. The van der Waals surface area contributed by atoms with Crippen LogP contribution in [0.5, 0.6) is 0 Å². The first-order valence-electron chi connectivity index (χ1n) is 14.6. The third-order valence-corrected chi connectivity index (χ3v) is 8.59. The van der Waals surface area contributed by atoms with Gasteiger partial charge in [-0.1, -0.05) is 72.8 Å². The molecule has 9 rings (SSSR count). The van der Waals surface area contributed by atoms with Crippen molar-refractivity contribution < 1.29 is 4.42 Å². The van der Waals surface area contributed by atoms with Gasteiger partial charge in [-0.3, -0.25) is 0 Å². The van der Waals surface area contributed by atoms with Crippen molar-refractivity contribution in [1.82, 2.24) is 9.55 Å². The molecule has 0 atom stereocenters. The molecule has 0 aliphatic carbocycles. The molecule has 0 spiro atoms. The average molecular weight is 562 g/mol. The number of hydrogen-bond donors (Lipinski definition) is 0. The van der Waals surface area contributed by atoms with Crippen LogP contribution in [0.3, 0.4) is 0 Å². The molecule has 0 amide bonds. The van der Waals surface area contributed by atoms with Gasteiger partial charge in [0.1, 0.15) is 11.3 Å². The molecular formula is C40H23N3O. The second-order valence-corrected chi connectivity index (χ2v) is 11.1. The van der Waals surface area contributed by atoms with Crippen molar-refractivity contribution in [2.24, 2.45) is 0 Å². The third kappa shape index (κ3) is 3.60. The summed E-state index contributed by atoms with van der Waals surface area (Å²) in [7, 11) is 0. The van der Waals surface area contributed by atoms with E-state index in [0.29, 0.717) is 5.56 Å². The highest BCUT2D eigenvalue weighted by Gasteiger charge is 2.23. The largest absolute Gasteiger partial charge is 0.455 e. The number of fused-ring (bicyclic) bond motifs is 8. The zero-order valence-electron chi connectivity index (χ0n) is 23.5. The Morgan fingerprint density at radius 3 is 2.14 bits per heavy atom. The van der Waals surface area contributed by atoms with Gasteiger partial charge in [0, 0.05) is 32.8 Å². The van der Waals surface area contributed by atoms with Crippen molar-refractivity contribution in [1.29, 1.82) is 5.26 Å². The maximum absolute atomic E-state index is 9.69. The first-order valence-corrected chi connectivity index (χ1v) is 14.6. The summed E-state index contributed by atoms with van der Waals surface area (Å²) in [6.45, 7) is 0. The lowest BCUT2D eigenvalue weighted by molar-refractivity contribution is 0.622. The van der Waals surface area contributed by atoms with Gasteiger partial charge in [0.2, 0.25) is 0 Å². The van der Waals surface area contributed by atoms with Gasteiger partial charge in [-0.2, -0.15) is 5.26 Å².